The minimum atomic E-state index is -2.89. The molecular weight excluding hydrogens is 332 g/mol. The van der Waals surface area contributed by atoms with Crippen LogP contribution in [-0.2, 0) is 13.0 Å². The first-order valence-corrected chi connectivity index (χ1v) is 7.01. The van der Waals surface area contributed by atoms with Gasteiger partial charge in [0.2, 0.25) is 0 Å². The molecular formula is C13H14BrF2N3O. The number of halogens is 3. The molecule has 2 rings (SSSR count). The summed E-state index contributed by atoms with van der Waals surface area (Å²) < 4.78 is 31.9. The first-order valence-electron chi connectivity index (χ1n) is 6.22. The summed E-state index contributed by atoms with van der Waals surface area (Å²) in [5, 5.41) is 4.39. The Kier molecular flexibility index (Phi) is 4.69. The molecule has 0 atom stereocenters. The van der Waals surface area contributed by atoms with E-state index in [2.05, 4.69) is 30.7 Å². The highest BCUT2D eigenvalue weighted by molar-refractivity contribution is 9.10. The van der Waals surface area contributed by atoms with E-state index in [4.69, 9.17) is 0 Å². The Morgan fingerprint density at radius 2 is 2.10 bits per heavy atom. The topological polar surface area (TPSA) is 39.9 Å². The van der Waals surface area contributed by atoms with Crippen molar-refractivity contribution in [2.24, 2.45) is 0 Å². The number of hydrogen-bond acceptors (Lipinski definition) is 3. The van der Waals surface area contributed by atoms with Gasteiger partial charge in [0.15, 0.2) is 5.75 Å². The number of rotatable bonds is 5. The van der Waals surface area contributed by atoms with Crippen molar-refractivity contribution in [2.75, 3.05) is 0 Å². The number of nitrogens with zero attached hydrogens (tertiary/aromatic N) is 3. The summed E-state index contributed by atoms with van der Waals surface area (Å²) in [6.45, 7) is 1.65. The molecule has 0 saturated heterocycles. The molecule has 108 valence electrons. The van der Waals surface area contributed by atoms with E-state index in [1.54, 1.807) is 10.9 Å². The maximum atomic E-state index is 12.5. The molecule has 0 unspecified atom stereocenters. The summed E-state index contributed by atoms with van der Waals surface area (Å²) in [5.74, 6) is 0.0339. The van der Waals surface area contributed by atoms with Crippen molar-refractivity contribution in [1.82, 2.24) is 14.8 Å². The van der Waals surface area contributed by atoms with Gasteiger partial charge in [0, 0.05) is 17.2 Å². The number of hydrogen-bond donors (Lipinski definition) is 0. The van der Waals surface area contributed by atoms with Gasteiger partial charge in [0.1, 0.15) is 5.69 Å². The van der Waals surface area contributed by atoms with E-state index >= 15 is 0 Å². The third-order valence-electron chi connectivity index (χ3n) is 2.77. The average Bonchev–Trinajstić information content (AvgIpc) is 2.81. The van der Waals surface area contributed by atoms with Crippen LogP contribution in [0.15, 0.2) is 22.8 Å². The second-order valence-electron chi connectivity index (χ2n) is 4.07. The van der Waals surface area contributed by atoms with Crippen LogP contribution in [0.3, 0.4) is 0 Å². The molecule has 2 aromatic rings. The fraction of sp³-hybridized carbons (Fsp3) is 0.385. The lowest BCUT2D eigenvalue weighted by Gasteiger charge is -2.11. The first-order chi connectivity index (χ1) is 9.55. The Labute approximate surface area is 123 Å². The third kappa shape index (κ3) is 3.15. The summed E-state index contributed by atoms with van der Waals surface area (Å²) in [7, 11) is 0. The average molecular weight is 346 g/mol. The van der Waals surface area contributed by atoms with Gasteiger partial charge in [-0.2, -0.15) is 13.9 Å². The van der Waals surface area contributed by atoms with Crippen molar-refractivity contribution in [3.8, 4) is 17.1 Å². The van der Waals surface area contributed by atoms with Gasteiger partial charge >= 0.3 is 6.61 Å². The lowest BCUT2D eigenvalue weighted by Crippen LogP contribution is -2.06. The summed E-state index contributed by atoms with van der Waals surface area (Å²) in [6.07, 6.45) is 2.31. The molecule has 0 bridgehead atoms. The Hall–Kier alpha value is -1.50. The van der Waals surface area contributed by atoms with Gasteiger partial charge in [-0.15, -0.1) is 0 Å². The number of pyridine rings is 1. The molecule has 2 aromatic heterocycles. The fourth-order valence-electron chi connectivity index (χ4n) is 1.87. The summed E-state index contributed by atoms with van der Waals surface area (Å²) in [6, 6.07) is 3.32. The molecule has 0 spiro atoms. The summed E-state index contributed by atoms with van der Waals surface area (Å²) in [5.41, 5.74) is 1.92. The van der Waals surface area contributed by atoms with Gasteiger partial charge < -0.3 is 4.74 Å². The van der Waals surface area contributed by atoms with Gasteiger partial charge in [0.05, 0.1) is 11.4 Å². The highest BCUT2D eigenvalue weighted by Crippen LogP contribution is 2.32. The first kappa shape index (κ1) is 14.9. The quantitative estimate of drug-likeness (QED) is 0.825. The van der Waals surface area contributed by atoms with Gasteiger partial charge in [0.25, 0.3) is 0 Å². The van der Waals surface area contributed by atoms with E-state index < -0.39 is 6.61 Å². The van der Waals surface area contributed by atoms with Gasteiger partial charge in [-0.3, -0.25) is 4.68 Å². The Balaban J connectivity index is 2.53. The zero-order chi connectivity index (χ0) is 14.7. The second-order valence-corrected chi connectivity index (χ2v) is 4.98. The van der Waals surface area contributed by atoms with Gasteiger partial charge in [-0.25, -0.2) is 4.98 Å². The van der Waals surface area contributed by atoms with Crippen molar-refractivity contribution >= 4 is 15.9 Å². The molecule has 0 aromatic carbocycles. The minimum absolute atomic E-state index is 0.0339. The van der Waals surface area contributed by atoms with E-state index in [1.807, 2.05) is 19.9 Å². The number of aromatic nitrogens is 3. The van der Waals surface area contributed by atoms with Crippen molar-refractivity contribution < 1.29 is 13.5 Å². The zero-order valence-electron chi connectivity index (χ0n) is 11.1. The predicted molar refractivity (Wildman–Crippen MR) is 74.8 cm³/mol. The molecule has 0 N–H and O–H groups in total. The van der Waals surface area contributed by atoms with Crippen LogP contribution < -0.4 is 4.74 Å². The van der Waals surface area contributed by atoms with Gasteiger partial charge in [-0.05, 0) is 41.4 Å². The van der Waals surface area contributed by atoms with Crippen molar-refractivity contribution in [1.29, 1.82) is 0 Å². The molecule has 7 heteroatoms. The van der Waals surface area contributed by atoms with Crippen LogP contribution in [0.1, 0.15) is 19.5 Å². The lowest BCUT2D eigenvalue weighted by molar-refractivity contribution is -0.0497. The SMILES string of the molecule is CCc1cc(-c2ncc(Br)cc2OC(F)F)n(CC)n1. The largest absolute Gasteiger partial charge is 0.432 e. The molecule has 4 nitrogen and oxygen atoms in total. The van der Waals surface area contributed by atoms with Crippen LogP contribution in [0.5, 0.6) is 5.75 Å². The Morgan fingerprint density at radius 1 is 1.35 bits per heavy atom. The molecule has 0 amide bonds. The minimum Gasteiger partial charge on any atom is -0.432 e. The Morgan fingerprint density at radius 3 is 2.70 bits per heavy atom. The van der Waals surface area contributed by atoms with Crippen LogP contribution >= 0.6 is 15.9 Å². The molecule has 0 aliphatic carbocycles. The number of alkyl halides is 2. The van der Waals surface area contributed by atoms with Crippen LogP contribution in [-0.4, -0.2) is 21.4 Å². The summed E-state index contributed by atoms with van der Waals surface area (Å²) >= 11 is 3.20. The third-order valence-corrected chi connectivity index (χ3v) is 3.20. The summed E-state index contributed by atoms with van der Waals surface area (Å²) in [4.78, 5) is 4.19. The van der Waals surface area contributed by atoms with E-state index in [-0.39, 0.29) is 5.75 Å². The van der Waals surface area contributed by atoms with Crippen LogP contribution in [0.25, 0.3) is 11.4 Å². The van der Waals surface area contributed by atoms with E-state index in [1.165, 1.54) is 6.07 Å². The van der Waals surface area contributed by atoms with Crippen molar-refractivity contribution in [3.63, 3.8) is 0 Å². The smallest absolute Gasteiger partial charge is 0.387 e. The van der Waals surface area contributed by atoms with Crippen LogP contribution in [0, 0.1) is 0 Å². The molecule has 0 saturated carbocycles. The highest BCUT2D eigenvalue weighted by Gasteiger charge is 2.17. The van der Waals surface area contributed by atoms with Crippen molar-refractivity contribution in [3.05, 3.63) is 28.5 Å². The normalized spacial score (nSPS) is 11.1. The molecule has 0 aliphatic heterocycles. The molecule has 20 heavy (non-hydrogen) atoms. The van der Waals surface area contributed by atoms with Gasteiger partial charge in [-0.1, -0.05) is 6.92 Å². The maximum absolute atomic E-state index is 12.5. The predicted octanol–water partition coefficient (Wildman–Crippen LogP) is 3.89. The number of aryl methyl sites for hydroxylation is 2. The molecule has 0 aliphatic rings. The Bertz CT molecular complexity index is 601. The van der Waals surface area contributed by atoms with Crippen LogP contribution in [0.4, 0.5) is 8.78 Å². The lowest BCUT2D eigenvalue weighted by atomic mass is 10.2. The highest BCUT2D eigenvalue weighted by atomic mass is 79.9. The van der Waals surface area contributed by atoms with E-state index in [0.717, 1.165) is 12.1 Å². The van der Waals surface area contributed by atoms with E-state index in [9.17, 15) is 8.78 Å². The maximum Gasteiger partial charge on any atom is 0.387 e. The molecule has 2 heterocycles. The van der Waals surface area contributed by atoms with Crippen molar-refractivity contribution in [2.45, 2.75) is 33.4 Å². The number of ether oxygens (including phenoxy) is 1. The second kappa shape index (κ2) is 6.30. The molecule has 0 fully saturated rings. The monoisotopic (exact) mass is 345 g/mol. The standard InChI is InChI=1S/C13H14BrF2N3O/c1-3-9-6-10(19(4-2)18-9)12-11(20-13(15)16)5-8(14)7-17-12/h5-7,13H,3-4H2,1-2H3. The van der Waals surface area contributed by atoms with E-state index in [0.29, 0.717) is 22.4 Å². The van der Waals surface area contributed by atoms with Crippen LogP contribution in [0.2, 0.25) is 0 Å². The zero-order valence-corrected chi connectivity index (χ0v) is 12.7. The fourth-order valence-corrected chi connectivity index (χ4v) is 2.18. The molecule has 0 radical (unpaired) electrons.